The van der Waals surface area contributed by atoms with Crippen LogP contribution in [0.15, 0.2) is 28.7 Å². The Balaban J connectivity index is 1.34. The van der Waals surface area contributed by atoms with Crippen molar-refractivity contribution in [1.82, 2.24) is 14.8 Å². The van der Waals surface area contributed by atoms with E-state index in [1.54, 1.807) is 41.0 Å². The second kappa shape index (κ2) is 9.06. The van der Waals surface area contributed by atoms with E-state index >= 15 is 0 Å². The highest BCUT2D eigenvalue weighted by molar-refractivity contribution is 6.30. The van der Waals surface area contributed by atoms with E-state index in [0.717, 1.165) is 12.8 Å². The number of urea groups is 1. The van der Waals surface area contributed by atoms with Crippen LogP contribution in [0.4, 0.5) is 10.5 Å². The molecule has 9 heteroatoms. The molecule has 0 spiro atoms. The number of hydrogen-bond donors (Lipinski definition) is 1. The van der Waals surface area contributed by atoms with E-state index in [4.69, 9.17) is 20.8 Å². The lowest BCUT2D eigenvalue weighted by Crippen LogP contribution is -2.41. The van der Waals surface area contributed by atoms with E-state index in [0.29, 0.717) is 67.4 Å². The van der Waals surface area contributed by atoms with Crippen molar-refractivity contribution in [3.05, 3.63) is 46.6 Å². The van der Waals surface area contributed by atoms with Gasteiger partial charge in [-0.2, -0.15) is 0 Å². The highest BCUT2D eigenvalue weighted by Gasteiger charge is 2.30. The summed E-state index contributed by atoms with van der Waals surface area (Å²) < 4.78 is 11.2. The largest absolute Gasteiger partial charge is 0.445 e. The van der Waals surface area contributed by atoms with Crippen LogP contribution in [0.1, 0.15) is 40.9 Å². The maximum absolute atomic E-state index is 12.7. The van der Waals surface area contributed by atoms with Crippen LogP contribution in [0, 0.1) is 6.92 Å². The van der Waals surface area contributed by atoms with Crippen LogP contribution in [0.3, 0.4) is 0 Å². The first-order valence-electron chi connectivity index (χ1n) is 10.2. The number of aromatic nitrogens is 1. The van der Waals surface area contributed by atoms with Crippen molar-refractivity contribution in [2.24, 2.45) is 0 Å². The molecule has 0 saturated carbocycles. The predicted molar refractivity (Wildman–Crippen MR) is 112 cm³/mol. The standard InChI is InChI=1S/C21H25ClN4O4/c1-14-18(20(27)25-10-12-29-13-11-25)24-19(30-14)15-6-8-26(9-7-15)21(28)23-17-4-2-16(22)3-5-17/h2-5,15H,6-13H2,1H3,(H,23,28). The zero-order valence-corrected chi connectivity index (χ0v) is 17.7. The molecule has 2 aromatic rings. The monoisotopic (exact) mass is 432 g/mol. The summed E-state index contributed by atoms with van der Waals surface area (Å²) in [5.74, 6) is 1.12. The van der Waals surface area contributed by atoms with Gasteiger partial charge in [-0.25, -0.2) is 9.78 Å². The van der Waals surface area contributed by atoms with Gasteiger partial charge in [-0.1, -0.05) is 11.6 Å². The van der Waals surface area contributed by atoms with Gasteiger partial charge in [-0.15, -0.1) is 0 Å². The second-order valence-corrected chi connectivity index (χ2v) is 8.00. The summed E-state index contributed by atoms with van der Waals surface area (Å²) in [6.45, 7) is 5.21. The summed E-state index contributed by atoms with van der Waals surface area (Å²) in [6.07, 6.45) is 1.47. The minimum Gasteiger partial charge on any atom is -0.445 e. The van der Waals surface area contributed by atoms with Crippen molar-refractivity contribution in [3.8, 4) is 0 Å². The van der Waals surface area contributed by atoms with Gasteiger partial charge in [0.1, 0.15) is 5.76 Å². The van der Waals surface area contributed by atoms with E-state index in [1.807, 2.05) is 0 Å². The topological polar surface area (TPSA) is 87.9 Å². The number of nitrogens with one attached hydrogen (secondary N) is 1. The molecule has 2 aliphatic heterocycles. The number of ether oxygens (including phenoxy) is 1. The van der Waals surface area contributed by atoms with Gasteiger partial charge in [0.2, 0.25) is 0 Å². The Morgan fingerprint density at radius 2 is 1.73 bits per heavy atom. The lowest BCUT2D eigenvalue weighted by molar-refractivity contribution is 0.0298. The van der Waals surface area contributed by atoms with Gasteiger partial charge < -0.3 is 24.3 Å². The van der Waals surface area contributed by atoms with Gasteiger partial charge >= 0.3 is 6.03 Å². The Labute approximate surface area is 180 Å². The number of halogens is 1. The molecule has 2 saturated heterocycles. The zero-order chi connectivity index (χ0) is 21.1. The molecule has 3 amide bonds. The van der Waals surface area contributed by atoms with Gasteiger partial charge in [0.05, 0.1) is 13.2 Å². The molecular formula is C21H25ClN4O4. The fraction of sp³-hybridized carbons (Fsp3) is 0.476. The maximum atomic E-state index is 12.7. The third-order valence-electron chi connectivity index (χ3n) is 5.54. The molecule has 0 unspecified atom stereocenters. The average molecular weight is 433 g/mol. The second-order valence-electron chi connectivity index (χ2n) is 7.56. The summed E-state index contributed by atoms with van der Waals surface area (Å²) in [4.78, 5) is 33.3. The van der Waals surface area contributed by atoms with Crippen molar-refractivity contribution >= 4 is 29.2 Å². The van der Waals surface area contributed by atoms with Crippen LogP contribution < -0.4 is 5.32 Å². The number of amides is 3. The maximum Gasteiger partial charge on any atom is 0.321 e. The third-order valence-corrected chi connectivity index (χ3v) is 5.79. The minimum atomic E-state index is -0.137. The molecule has 160 valence electrons. The Hall–Kier alpha value is -2.58. The molecule has 0 bridgehead atoms. The van der Waals surface area contributed by atoms with Crippen molar-refractivity contribution in [2.75, 3.05) is 44.7 Å². The van der Waals surface area contributed by atoms with Crippen LogP contribution in [0.5, 0.6) is 0 Å². The van der Waals surface area contributed by atoms with Gasteiger partial charge in [0.25, 0.3) is 5.91 Å². The Morgan fingerprint density at radius 3 is 2.40 bits per heavy atom. The number of oxazole rings is 1. The number of benzene rings is 1. The number of aryl methyl sites for hydroxylation is 1. The molecule has 1 N–H and O–H groups in total. The quantitative estimate of drug-likeness (QED) is 0.801. The van der Waals surface area contributed by atoms with E-state index in [9.17, 15) is 9.59 Å². The van der Waals surface area contributed by atoms with Crippen molar-refractivity contribution < 1.29 is 18.7 Å². The van der Waals surface area contributed by atoms with Crippen LogP contribution in [0.2, 0.25) is 5.02 Å². The van der Waals surface area contributed by atoms with Crippen molar-refractivity contribution in [3.63, 3.8) is 0 Å². The average Bonchev–Trinajstić information content (AvgIpc) is 3.17. The molecular weight excluding hydrogens is 408 g/mol. The van der Waals surface area contributed by atoms with Gasteiger partial charge in [-0.05, 0) is 44.0 Å². The Bertz CT molecular complexity index is 900. The molecule has 8 nitrogen and oxygen atoms in total. The van der Waals surface area contributed by atoms with E-state index in [-0.39, 0.29) is 17.9 Å². The number of likely N-dealkylation sites (tertiary alicyclic amines) is 1. The minimum absolute atomic E-state index is 0.0921. The van der Waals surface area contributed by atoms with E-state index in [2.05, 4.69) is 10.3 Å². The fourth-order valence-corrected chi connectivity index (χ4v) is 3.90. The lowest BCUT2D eigenvalue weighted by Gasteiger charge is -2.30. The lowest BCUT2D eigenvalue weighted by atomic mass is 9.97. The Kier molecular flexibility index (Phi) is 6.24. The highest BCUT2D eigenvalue weighted by Crippen LogP contribution is 2.29. The number of carbonyl (C=O) groups excluding carboxylic acids is 2. The van der Waals surface area contributed by atoms with E-state index in [1.165, 1.54) is 0 Å². The summed E-state index contributed by atoms with van der Waals surface area (Å²) >= 11 is 5.88. The first-order valence-corrected chi connectivity index (χ1v) is 10.5. The number of nitrogens with zero attached hydrogens (tertiary/aromatic N) is 3. The molecule has 0 radical (unpaired) electrons. The summed E-state index contributed by atoms with van der Waals surface area (Å²) in [7, 11) is 0. The van der Waals surface area contributed by atoms with Crippen molar-refractivity contribution in [1.29, 1.82) is 0 Å². The molecule has 2 fully saturated rings. The van der Waals surface area contributed by atoms with E-state index < -0.39 is 0 Å². The normalized spacial score (nSPS) is 17.8. The number of rotatable bonds is 3. The fourth-order valence-electron chi connectivity index (χ4n) is 3.77. The molecule has 30 heavy (non-hydrogen) atoms. The van der Waals surface area contributed by atoms with Gasteiger partial charge in [-0.3, -0.25) is 4.79 Å². The number of morpholine rings is 1. The molecule has 0 atom stereocenters. The highest BCUT2D eigenvalue weighted by atomic mass is 35.5. The summed E-state index contributed by atoms with van der Waals surface area (Å²) in [5.41, 5.74) is 1.09. The molecule has 3 heterocycles. The summed E-state index contributed by atoms with van der Waals surface area (Å²) in [6, 6.07) is 6.89. The number of hydrogen-bond acceptors (Lipinski definition) is 5. The molecule has 1 aromatic heterocycles. The molecule has 4 rings (SSSR count). The van der Waals surface area contributed by atoms with Crippen LogP contribution in [0.25, 0.3) is 0 Å². The van der Waals surface area contributed by atoms with Gasteiger partial charge in [0, 0.05) is 42.8 Å². The molecule has 1 aromatic carbocycles. The molecule has 2 aliphatic rings. The zero-order valence-electron chi connectivity index (χ0n) is 16.9. The predicted octanol–water partition coefficient (Wildman–Crippen LogP) is 3.52. The Morgan fingerprint density at radius 1 is 1.07 bits per heavy atom. The summed E-state index contributed by atoms with van der Waals surface area (Å²) in [5, 5.41) is 3.51. The van der Waals surface area contributed by atoms with Crippen LogP contribution in [-0.4, -0.2) is 66.1 Å². The van der Waals surface area contributed by atoms with Gasteiger partial charge in [0.15, 0.2) is 11.6 Å². The number of anilines is 1. The first-order chi connectivity index (χ1) is 14.5. The van der Waals surface area contributed by atoms with Crippen LogP contribution in [-0.2, 0) is 4.74 Å². The number of carbonyl (C=O) groups is 2. The molecule has 0 aliphatic carbocycles. The van der Waals surface area contributed by atoms with Crippen LogP contribution >= 0.6 is 11.6 Å². The third kappa shape index (κ3) is 4.60. The number of piperidine rings is 1. The van der Waals surface area contributed by atoms with Crippen molar-refractivity contribution in [2.45, 2.75) is 25.7 Å². The smallest absolute Gasteiger partial charge is 0.321 e. The SMILES string of the molecule is Cc1oc(C2CCN(C(=O)Nc3ccc(Cl)cc3)CC2)nc1C(=O)N1CCOCC1. The first kappa shape index (κ1) is 20.7.